The largest absolute Gasteiger partial charge is 0.370 e. The highest BCUT2D eigenvalue weighted by Crippen LogP contribution is 2.18. The molecule has 24 heavy (non-hydrogen) atoms. The number of aryl methyl sites for hydroxylation is 1. The van der Waals surface area contributed by atoms with E-state index in [1.54, 1.807) is 0 Å². The first kappa shape index (κ1) is 16.5. The fraction of sp³-hybridized carbons (Fsp3) is 0.500. The molecule has 0 fully saturated rings. The molecule has 0 saturated carbocycles. The smallest absolute Gasteiger partial charge is 0.193 e. The highest BCUT2D eigenvalue weighted by Gasteiger charge is 2.14. The summed E-state index contributed by atoms with van der Waals surface area (Å²) in [5, 5.41) is 11.7. The molecule has 0 unspecified atom stereocenters. The van der Waals surface area contributed by atoms with E-state index in [2.05, 4.69) is 51.1 Å². The van der Waals surface area contributed by atoms with E-state index >= 15 is 0 Å². The maximum atomic E-state index is 6.04. The average Bonchev–Trinajstić information content (AvgIpc) is 2.80. The van der Waals surface area contributed by atoms with E-state index in [0.29, 0.717) is 18.4 Å². The minimum Gasteiger partial charge on any atom is -0.370 e. The molecular weight excluding hydrogens is 300 g/mol. The highest BCUT2D eigenvalue weighted by molar-refractivity contribution is 5.92. The Bertz CT molecular complexity index is 716. The maximum absolute atomic E-state index is 6.04. The summed E-state index contributed by atoms with van der Waals surface area (Å²) in [5.41, 5.74) is 8.27. The summed E-state index contributed by atoms with van der Waals surface area (Å²) < 4.78 is 2.20. The van der Waals surface area contributed by atoms with Gasteiger partial charge in [0.15, 0.2) is 11.8 Å². The predicted octanol–water partition coefficient (Wildman–Crippen LogP) is 3.05. The zero-order chi connectivity index (χ0) is 16.9. The highest BCUT2D eigenvalue weighted by atomic mass is 15.3. The third-order valence-electron chi connectivity index (χ3n) is 4.40. The Kier molecular flexibility index (Phi) is 5.13. The van der Waals surface area contributed by atoms with Crippen molar-refractivity contribution >= 4 is 11.6 Å². The van der Waals surface area contributed by atoms with Crippen LogP contribution >= 0.6 is 0 Å². The molecule has 1 aliphatic heterocycles. The van der Waals surface area contributed by atoms with Crippen LogP contribution in [0.15, 0.2) is 29.3 Å². The quantitative estimate of drug-likeness (QED) is 0.668. The van der Waals surface area contributed by atoms with Gasteiger partial charge in [0.2, 0.25) is 0 Å². The number of hydrogen-bond acceptors (Lipinski definition) is 3. The molecule has 1 aromatic carbocycles. The van der Waals surface area contributed by atoms with Crippen molar-refractivity contribution in [1.82, 2.24) is 14.8 Å². The van der Waals surface area contributed by atoms with Gasteiger partial charge in [0, 0.05) is 18.7 Å². The van der Waals surface area contributed by atoms with E-state index in [9.17, 15) is 0 Å². The standard InChI is InChI=1S/C18H26N6/c1-13(2)14-7-6-8-15(11-14)21-18(19)20-12-17-23-22-16-9-4-3-5-10-24(16)17/h6-8,11,13H,3-5,9-10,12H2,1-2H3,(H3,19,20,21). The minimum absolute atomic E-state index is 0.405. The minimum atomic E-state index is 0.405. The van der Waals surface area contributed by atoms with E-state index in [0.717, 1.165) is 30.3 Å². The van der Waals surface area contributed by atoms with Gasteiger partial charge in [0.25, 0.3) is 0 Å². The molecule has 0 saturated heterocycles. The molecule has 0 amide bonds. The van der Waals surface area contributed by atoms with Gasteiger partial charge in [-0.15, -0.1) is 10.2 Å². The number of aliphatic imine (C=N–C) groups is 1. The van der Waals surface area contributed by atoms with Gasteiger partial charge >= 0.3 is 0 Å². The van der Waals surface area contributed by atoms with Crippen molar-refractivity contribution in [2.24, 2.45) is 10.7 Å². The van der Waals surface area contributed by atoms with Crippen LogP contribution in [0.25, 0.3) is 0 Å². The van der Waals surface area contributed by atoms with Crippen LogP contribution < -0.4 is 11.1 Å². The number of rotatable bonds is 4. The first-order valence-corrected chi connectivity index (χ1v) is 8.71. The van der Waals surface area contributed by atoms with Crippen LogP contribution in [0.3, 0.4) is 0 Å². The Balaban J connectivity index is 1.67. The summed E-state index contributed by atoms with van der Waals surface area (Å²) in [7, 11) is 0. The van der Waals surface area contributed by atoms with E-state index in [1.165, 1.54) is 24.8 Å². The van der Waals surface area contributed by atoms with Gasteiger partial charge < -0.3 is 15.6 Å². The van der Waals surface area contributed by atoms with Crippen LogP contribution in [0.1, 0.15) is 56.2 Å². The lowest BCUT2D eigenvalue weighted by atomic mass is 10.0. The normalized spacial score (nSPS) is 15.2. The topological polar surface area (TPSA) is 81.1 Å². The fourth-order valence-electron chi connectivity index (χ4n) is 2.98. The maximum Gasteiger partial charge on any atom is 0.193 e. The molecule has 6 nitrogen and oxygen atoms in total. The number of guanidine groups is 1. The van der Waals surface area contributed by atoms with Crippen molar-refractivity contribution in [3.8, 4) is 0 Å². The number of aromatic nitrogens is 3. The van der Waals surface area contributed by atoms with E-state index < -0.39 is 0 Å². The molecule has 3 rings (SSSR count). The van der Waals surface area contributed by atoms with Crippen molar-refractivity contribution in [2.45, 2.75) is 58.5 Å². The van der Waals surface area contributed by atoms with Gasteiger partial charge in [-0.05, 0) is 36.5 Å². The van der Waals surface area contributed by atoms with Crippen LogP contribution in [-0.4, -0.2) is 20.7 Å². The molecule has 0 atom stereocenters. The number of nitrogens with zero attached hydrogens (tertiary/aromatic N) is 4. The molecular formula is C18H26N6. The van der Waals surface area contributed by atoms with Gasteiger partial charge in [-0.3, -0.25) is 0 Å². The molecule has 1 aromatic heterocycles. The summed E-state index contributed by atoms with van der Waals surface area (Å²) in [6.45, 7) is 5.79. The molecule has 128 valence electrons. The number of fused-ring (bicyclic) bond motifs is 1. The van der Waals surface area contributed by atoms with Crippen molar-refractivity contribution < 1.29 is 0 Å². The molecule has 0 aliphatic carbocycles. The number of hydrogen-bond donors (Lipinski definition) is 2. The second-order valence-corrected chi connectivity index (χ2v) is 6.60. The van der Waals surface area contributed by atoms with Gasteiger partial charge in [0.05, 0.1) is 0 Å². The molecule has 0 spiro atoms. The van der Waals surface area contributed by atoms with Crippen LogP contribution in [0.5, 0.6) is 0 Å². The zero-order valence-corrected chi connectivity index (χ0v) is 14.5. The summed E-state index contributed by atoms with van der Waals surface area (Å²) in [5.74, 6) is 2.86. The van der Waals surface area contributed by atoms with E-state index in [4.69, 9.17) is 5.73 Å². The second-order valence-electron chi connectivity index (χ2n) is 6.60. The zero-order valence-electron chi connectivity index (χ0n) is 14.5. The third-order valence-corrected chi connectivity index (χ3v) is 4.40. The lowest BCUT2D eigenvalue weighted by Crippen LogP contribution is -2.23. The summed E-state index contributed by atoms with van der Waals surface area (Å²) in [4.78, 5) is 4.44. The van der Waals surface area contributed by atoms with Crippen LogP contribution in [0, 0.1) is 0 Å². The number of nitrogens with one attached hydrogen (secondary N) is 1. The second kappa shape index (κ2) is 7.47. The lowest BCUT2D eigenvalue weighted by molar-refractivity contribution is 0.606. The molecule has 6 heteroatoms. The van der Waals surface area contributed by atoms with Crippen molar-refractivity contribution in [2.75, 3.05) is 5.32 Å². The van der Waals surface area contributed by atoms with Crippen molar-refractivity contribution in [1.29, 1.82) is 0 Å². The van der Waals surface area contributed by atoms with Gasteiger partial charge in [-0.1, -0.05) is 32.4 Å². The van der Waals surface area contributed by atoms with Gasteiger partial charge in [-0.2, -0.15) is 0 Å². The number of nitrogens with two attached hydrogens (primary N) is 1. The number of benzene rings is 1. The molecule has 1 aliphatic rings. The predicted molar refractivity (Wildman–Crippen MR) is 97.1 cm³/mol. The molecule has 0 radical (unpaired) electrons. The molecule has 3 N–H and O–H groups in total. The first-order valence-electron chi connectivity index (χ1n) is 8.71. The lowest BCUT2D eigenvalue weighted by Gasteiger charge is -2.10. The molecule has 2 aromatic rings. The van der Waals surface area contributed by atoms with Crippen LogP contribution in [-0.2, 0) is 19.5 Å². The SMILES string of the molecule is CC(C)c1cccc(NC(N)=NCc2nnc3n2CCCCC3)c1. The third kappa shape index (κ3) is 3.93. The Labute approximate surface area is 143 Å². The van der Waals surface area contributed by atoms with Crippen LogP contribution in [0.4, 0.5) is 5.69 Å². The Morgan fingerprint density at radius 3 is 3.00 bits per heavy atom. The van der Waals surface area contributed by atoms with Crippen molar-refractivity contribution in [3.05, 3.63) is 41.5 Å². The summed E-state index contributed by atoms with van der Waals surface area (Å²) >= 11 is 0. The molecule has 0 bridgehead atoms. The Morgan fingerprint density at radius 1 is 1.29 bits per heavy atom. The Morgan fingerprint density at radius 2 is 2.17 bits per heavy atom. The Hall–Kier alpha value is -2.37. The first-order chi connectivity index (χ1) is 11.6. The monoisotopic (exact) mass is 326 g/mol. The number of anilines is 1. The average molecular weight is 326 g/mol. The molecule has 2 heterocycles. The summed E-state index contributed by atoms with van der Waals surface area (Å²) in [6.07, 6.45) is 4.63. The van der Waals surface area contributed by atoms with Gasteiger partial charge in [0.1, 0.15) is 12.4 Å². The van der Waals surface area contributed by atoms with E-state index in [1.807, 2.05) is 12.1 Å². The van der Waals surface area contributed by atoms with Gasteiger partial charge in [-0.25, -0.2) is 4.99 Å². The summed E-state index contributed by atoms with van der Waals surface area (Å²) in [6, 6.07) is 8.26. The van der Waals surface area contributed by atoms with Crippen LogP contribution in [0.2, 0.25) is 0 Å². The fourth-order valence-corrected chi connectivity index (χ4v) is 2.98. The van der Waals surface area contributed by atoms with Crippen molar-refractivity contribution in [3.63, 3.8) is 0 Å². The van der Waals surface area contributed by atoms with E-state index in [-0.39, 0.29) is 0 Å².